The molecule has 2 aromatic rings. The van der Waals surface area contributed by atoms with Crippen LogP contribution in [-0.2, 0) is 17.4 Å². The maximum atomic E-state index is 13.2. The predicted octanol–water partition coefficient (Wildman–Crippen LogP) is 4.65. The molecular formula is C20H25F3N4O. The third kappa shape index (κ3) is 4.85. The first-order valence-corrected chi connectivity index (χ1v) is 9.54. The van der Waals surface area contributed by atoms with Crippen molar-refractivity contribution in [3.63, 3.8) is 0 Å². The molecule has 5 nitrogen and oxygen atoms in total. The zero-order valence-corrected chi connectivity index (χ0v) is 16.1. The first-order chi connectivity index (χ1) is 13.2. The number of halogens is 3. The van der Waals surface area contributed by atoms with Crippen molar-refractivity contribution in [3.8, 4) is 0 Å². The maximum absolute atomic E-state index is 13.2. The second kappa shape index (κ2) is 8.24. The van der Waals surface area contributed by atoms with Gasteiger partial charge in [-0.3, -0.25) is 9.48 Å². The molecule has 0 aliphatic carbocycles. The topological polar surface area (TPSA) is 50.2 Å². The van der Waals surface area contributed by atoms with Gasteiger partial charge in [0.05, 0.1) is 29.1 Å². The van der Waals surface area contributed by atoms with E-state index in [1.165, 1.54) is 6.07 Å². The Bertz CT molecular complexity index is 823. The molecule has 1 aromatic heterocycles. The monoisotopic (exact) mass is 394 g/mol. The van der Waals surface area contributed by atoms with Crippen LogP contribution in [0.15, 0.2) is 30.5 Å². The fourth-order valence-electron chi connectivity index (χ4n) is 3.34. The average molecular weight is 394 g/mol. The molecule has 1 N–H and O–H groups in total. The van der Waals surface area contributed by atoms with Crippen LogP contribution in [0.25, 0.3) is 0 Å². The number of piperidine rings is 1. The van der Waals surface area contributed by atoms with E-state index in [9.17, 15) is 18.0 Å². The van der Waals surface area contributed by atoms with Gasteiger partial charge in [-0.25, -0.2) is 0 Å². The third-order valence-electron chi connectivity index (χ3n) is 4.83. The minimum absolute atomic E-state index is 0.00933. The predicted molar refractivity (Wildman–Crippen MR) is 102 cm³/mol. The van der Waals surface area contributed by atoms with Gasteiger partial charge in [0.25, 0.3) is 0 Å². The number of alkyl halides is 3. The second-order valence-electron chi connectivity index (χ2n) is 7.38. The number of benzene rings is 1. The van der Waals surface area contributed by atoms with Gasteiger partial charge in [-0.15, -0.1) is 0 Å². The molecule has 0 unspecified atom stereocenters. The zero-order valence-electron chi connectivity index (χ0n) is 16.1. The summed E-state index contributed by atoms with van der Waals surface area (Å²) in [6.07, 6.45) is 0.418. The summed E-state index contributed by atoms with van der Waals surface area (Å²) in [5.74, 6) is -0.383. The highest BCUT2D eigenvalue weighted by atomic mass is 19.4. The number of hydrogen-bond donors (Lipinski definition) is 1. The molecule has 1 aromatic carbocycles. The molecule has 152 valence electrons. The van der Waals surface area contributed by atoms with Crippen molar-refractivity contribution >= 4 is 17.3 Å². The number of nitrogens with one attached hydrogen (secondary N) is 1. The minimum atomic E-state index is -4.46. The van der Waals surface area contributed by atoms with Crippen molar-refractivity contribution in [2.45, 2.75) is 51.7 Å². The molecule has 0 radical (unpaired) electrons. The minimum Gasteiger partial charge on any atom is -0.370 e. The molecule has 2 heterocycles. The summed E-state index contributed by atoms with van der Waals surface area (Å²) in [4.78, 5) is 14.5. The smallest absolute Gasteiger partial charge is 0.370 e. The Labute approximate surface area is 162 Å². The molecule has 3 rings (SSSR count). The number of carbonyl (C=O) groups is 1. The molecule has 1 saturated heterocycles. The Balaban J connectivity index is 1.81. The SMILES string of the molecule is CC(C)n1ccc(CC(=O)Nc2cc(C(F)(F)F)ccc2N2CCCCC2)n1. The van der Waals surface area contributed by atoms with Crippen molar-refractivity contribution in [3.05, 3.63) is 41.7 Å². The largest absolute Gasteiger partial charge is 0.416 e. The highest BCUT2D eigenvalue weighted by Gasteiger charge is 2.32. The Kier molecular flexibility index (Phi) is 5.96. The Morgan fingerprint density at radius 3 is 2.50 bits per heavy atom. The van der Waals surface area contributed by atoms with E-state index in [-0.39, 0.29) is 24.1 Å². The van der Waals surface area contributed by atoms with Crippen molar-refractivity contribution in [2.24, 2.45) is 0 Å². The van der Waals surface area contributed by atoms with Crippen LogP contribution in [0, 0.1) is 0 Å². The van der Waals surface area contributed by atoms with Gasteiger partial charge in [-0.1, -0.05) is 0 Å². The van der Waals surface area contributed by atoms with E-state index in [0.717, 1.165) is 44.5 Å². The van der Waals surface area contributed by atoms with Gasteiger partial charge in [0.2, 0.25) is 5.91 Å². The van der Waals surface area contributed by atoms with E-state index in [1.807, 2.05) is 18.7 Å². The average Bonchev–Trinajstić information content (AvgIpc) is 3.10. The van der Waals surface area contributed by atoms with Gasteiger partial charge in [0.1, 0.15) is 0 Å². The standard InChI is InChI=1S/C20H25F3N4O/c1-14(2)27-11-8-16(25-27)13-19(28)24-17-12-15(20(21,22)23)6-7-18(17)26-9-4-3-5-10-26/h6-8,11-12,14H,3-5,9-10,13H2,1-2H3,(H,24,28). The summed E-state index contributed by atoms with van der Waals surface area (Å²) in [5.41, 5.74) is 0.643. The van der Waals surface area contributed by atoms with Gasteiger partial charge in [-0.2, -0.15) is 18.3 Å². The summed E-state index contributed by atoms with van der Waals surface area (Å²) in [6.45, 7) is 5.49. The van der Waals surface area contributed by atoms with Crippen LogP contribution in [0.4, 0.5) is 24.5 Å². The molecule has 1 aliphatic rings. The summed E-state index contributed by atoms with van der Waals surface area (Å²) in [6, 6.07) is 5.47. The van der Waals surface area contributed by atoms with E-state index >= 15 is 0 Å². The first kappa shape index (κ1) is 20.2. The fourth-order valence-corrected chi connectivity index (χ4v) is 3.34. The molecule has 28 heavy (non-hydrogen) atoms. The lowest BCUT2D eigenvalue weighted by Crippen LogP contribution is -2.30. The van der Waals surface area contributed by atoms with Crippen LogP contribution < -0.4 is 10.2 Å². The second-order valence-corrected chi connectivity index (χ2v) is 7.38. The molecule has 1 amide bonds. The normalized spacial score (nSPS) is 15.1. The highest BCUT2D eigenvalue weighted by molar-refractivity contribution is 5.95. The van der Waals surface area contributed by atoms with E-state index in [4.69, 9.17) is 0 Å². The lowest BCUT2D eigenvalue weighted by Gasteiger charge is -2.31. The summed E-state index contributed by atoms with van der Waals surface area (Å²) >= 11 is 0. The molecule has 1 aliphatic heterocycles. The van der Waals surface area contributed by atoms with Crippen molar-refractivity contribution < 1.29 is 18.0 Å². The Hall–Kier alpha value is -2.51. The molecule has 1 fully saturated rings. The van der Waals surface area contributed by atoms with Crippen LogP contribution >= 0.6 is 0 Å². The van der Waals surface area contributed by atoms with E-state index in [2.05, 4.69) is 10.4 Å². The van der Waals surface area contributed by atoms with Crippen LogP contribution in [-0.4, -0.2) is 28.8 Å². The number of nitrogens with zero attached hydrogens (tertiary/aromatic N) is 3. The van der Waals surface area contributed by atoms with Crippen molar-refractivity contribution in [1.82, 2.24) is 9.78 Å². The van der Waals surface area contributed by atoms with Crippen molar-refractivity contribution in [1.29, 1.82) is 0 Å². The van der Waals surface area contributed by atoms with Crippen LogP contribution in [0.2, 0.25) is 0 Å². The molecule has 8 heteroatoms. The number of carbonyl (C=O) groups excluding carboxylic acids is 1. The maximum Gasteiger partial charge on any atom is 0.416 e. The lowest BCUT2D eigenvalue weighted by molar-refractivity contribution is -0.137. The first-order valence-electron chi connectivity index (χ1n) is 9.54. The summed E-state index contributed by atoms with van der Waals surface area (Å²) < 4.78 is 41.2. The van der Waals surface area contributed by atoms with Gasteiger partial charge < -0.3 is 10.2 Å². The summed E-state index contributed by atoms with van der Waals surface area (Å²) in [7, 11) is 0. The highest BCUT2D eigenvalue weighted by Crippen LogP contribution is 2.36. The molecular weight excluding hydrogens is 369 g/mol. The van der Waals surface area contributed by atoms with Gasteiger partial charge >= 0.3 is 6.18 Å². The van der Waals surface area contributed by atoms with E-state index in [0.29, 0.717) is 11.4 Å². The number of anilines is 2. The third-order valence-corrected chi connectivity index (χ3v) is 4.83. The van der Waals surface area contributed by atoms with Crippen molar-refractivity contribution in [2.75, 3.05) is 23.3 Å². The number of rotatable bonds is 5. The van der Waals surface area contributed by atoms with Gasteiger partial charge in [-0.05, 0) is 57.4 Å². The van der Waals surface area contributed by atoms with Crippen LogP contribution in [0.5, 0.6) is 0 Å². The van der Waals surface area contributed by atoms with E-state index in [1.54, 1.807) is 16.9 Å². The quantitative estimate of drug-likeness (QED) is 0.803. The number of amides is 1. The molecule has 0 saturated carbocycles. The Morgan fingerprint density at radius 2 is 1.89 bits per heavy atom. The Morgan fingerprint density at radius 1 is 1.18 bits per heavy atom. The number of hydrogen-bond acceptors (Lipinski definition) is 3. The zero-order chi connectivity index (χ0) is 20.3. The molecule has 0 atom stereocenters. The van der Waals surface area contributed by atoms with Gasteiger partial charge in [0.15, 0.2) is 0 Å². The number of aromatic nitrogens is 2. The van der Waals surface area contributed by atoms with E-state index < -0.39 is 11.7 Å². The molecule has 0 bridgehead atoms. The fraction of sp³-hybridized carbons (Fsp3) is 0.500. The summed E-state index contributed by atoms with van der Waals surface area (Å²) in [5, 5.41) is 7.00. The molecule has 0 spiro atoms. The lowest BCUT2D eigenvalue weighted by atomic mass is 10.1. The van der Waals surface area contributed by atoms with Gasteiger partial charge in [0, 0.05) is 25.3 Å². The van der Waals surface area contributed by atoms with Crippen LogP contribution in [0.1, 0.15) is 50.4 Å². The van der Waals surface area contributed by atoms with Crippen LogP contribution in [0.3, 0.4) is 0 Å².